The molecule has 27 heavy (non-hydrogen) atoms. The molecule has 0 radical (unpaired) electrons. The topological polar surface area (TPSA) is 105 Å². The van der Waals surface area contributed by atoms with Gasteiger partial charge in [-0.1, -0.05) is 12.1 Å². The van der Waals surface area contributed by atoms with Gasteiger partial charge in [-0.3, -0.25) is 14.4 Å². The number of benzene rings is 1. The molecule has 0 fully saturated rings. The summed E-state index contributed by atoms with van der Waals surface area (Å²) in [6.45, 7) is 3.66. The van der Waals surface area contributed by atoms with Gasteiger partial charge in [0.1, 0.15) is 17.1 Å². The zero-order chi connectivity index (χ0) is 20.6. The fourth-order valence-electron chi connectivity index (χ4n) is 2.17. The van der Waals surface area contributed by atoms with E-state index in [4.69, 9.17) is 5.73 Å². The number of hydrogen-bond donors (Lipinski definition) is 2. The van der Waals surface area contributed by atoms with Crippen LogP contribution in [0.5, 0.6) is 0 Å². The Morgan fingerprint density at radius 1 is 1.19 bits per heavy atom. The van der Waals surface area contributed by atoms with Gasteiger partial charge in [0, 0.05) is 0 Å². The zero-order valence-corrected chi connectivity index (χ0v) is 16.2. The Bertz CT molecular complexity index is 712. The number of primary amides is 1. The Morgan fingerprint density at radius 3 is 2.30 bits per heavy atom. The van der Waals surface area contributed by atoms with Crippen molar-refractivity contribution in [3.8, 4) is 0 Å². The van der Waals surface area contributed by atoms with Gasteiger partial charge in [-0.15, -0.1) is 0 Å². The van der Waals surface area contributed by atoms with Gasteiger partial charge in [-0.05, 0) is 65.0 Å². The normalized spacial score (nSPS) is 12.1. The van der Waals surface area contributed by atoms with Gasteiger partial charge in [-0.25, -0.2) is 9.38 Å². The fourth-order valence-corrected chi connectivity index (χ4v) is 2.17. The SMILES string of the molecule is CN(C)CCCC(=NC(=O)Cc1ccc(F)cc1)C(=O)NC(C)(C)C(N)=O. The van der Waals surface area contributed by atoms with Crippen molar-refractivity contribution >= 4 is 23.4 Å². The predicted octanol–water partition coefficient (Wildman–Crippen LogP) is 1.06. The summed E-state index contributed by atoms with van der Waals surface area (Å²) in [5, 5.41) is 2.51. The summed E-state index contributed by atoms with van der Waals surface area (Å²) >= 11 is 0. The van der Waals surface area contributed by atoms with E-state index in [9.17, 15) is 18.8 Å². The molecule has 0 saturated carbocycles. The van der Waals surface area contributed by atoms with E-state index in [1.165, 1.54) is 38.1 Å². The minimum Gasteiger partial charge on any atom is -0.368 e. The lowest BCUT2D eigenvalue weighted by atomic mass is 10.0. The van der Waals surface area contributed by atoms with Gasteiger partial charge in [0.25, 0.3) is 11.8 Å². The van der Waals surface area contributed by atoms with Crippen molar-refractivity contribution in [1.29, 1.82) is 0 Å². The number of aliphatic imine (C=N–C) groups is 1. The Labute approximate surface area is 158 Å². The molecule has 0 heterocycles. The number of halogens is 1. The maximum atomic E-state index is 13.0. The van der Waals surface area contributed by atoms with Crippen molar-refractivity contribution in [2.45, 2.75) is 38.6 Å². The molecule has 3 amide bonds. The minimum absolute atomic E-state index is 0.0401. The van der Waals surface area contributed by atoms with E-state index in [2.05, 4.69) is 10.3 Å². The second kappa shape index (κ2) is 9.91. The smallest absolute Gasteiger partial charge is 0.266 e. The number of hydrogen-bond acceptors (Lipinski definition) is 4. The molecule has 3 N–H and O–H groups in total. The van der Waals surface area contributed by atoms with Crippen LogP contribution in [-0.2, 0) is 20.8 Å². The van der Waals surface area contributed by atoms with E-state index in [-0.39, 0.29) is 18.6 Å². The highest BCUT2D eigenvalue weighted by molar-refractivity contribution is 6.40. The maximum absolute atomic E-state index is 13.0. The molecule has 0 aliphatic carbocycles. The number of nitrogens with two attached hydrogens (primary N) is 1. The lowest BCUT2D eigenvalue weighted by Crippen LogP contribution is -2.54. The lowest BCUT2D eigenvalue weighted by Gasteiger charge is -2.22. The van der Waals surface area contributed by atoms with E-state index in [0.717, 1.165) is 0 Å². The number of carbonyl (C=O) groups is 3. The molecule has 0 saturated heterocycles. The van der Waals surface area contributed by atoms with Crippen LogP contribution in [0.25, 0.3) is 0 Å². The van der Waals surface area contributed by atoms with Crippen molar-refractivity contribution in [3.05, 3.63) is 35.6 Å². The quantitative estimate of drug-likeness (QED) is 0.627. The molecule has 0 unspecified atom stereocenters. The molecule has 8 heteroatoms. The van der Waals surface area contributed by atoms with E-state index in [1.807, 2.05) is 19.0 Å². The van der Waals surface area contributed by atoms with E-state index in [1.54, 1.807) is 0 Å². The minimum atomic E-state index is -1.26. The van der Waals surface area contributed by atoms with Crippen LogP contribution in [0.4, 0.5) is 4.39 Å². The Morgan fingerprint density at radius 2 is 1.78 bits per heavy atom. The van der Waals surface area contributed by atoms with E-state index in [0.29, 0.717) is 18.5 Å². The van der Waals surface area contributed by atoms with Gasteiger partial charge in [0.05, 0.1) is 6.42 Å². The summed E-state index contributed by atoms with van der Waals surface area (Å²) in [7, 11) is 3.79. The van der Waals surface area contributed by atoms with Crippen molar-refractivity contribution in [3.63, 3.8) is 0 Å². The first-order chi connectivity index (χ1) is 12.5. The summed E-state index contributed by atoms with van der Waals surface area (Å²) in [6.07, 6.45) is 0.831. The van der Waals surface area contributed by atoms with Crippen molar-refractivity contribution in [2.24, 2.45) is 10.7 Å². The molecule has 0 spiro atoms. The van der Waals surface area contributed by atoms with E-state index < -0.39 is 29.1 Å². The largest absolute Gasteiger partial charge is 0.368 e. The highest BCUT2D eigenvalue weighted by Gasteiger charge is 2.28. The van der Waals surface area contributed by atoms with Crippen LogP contribution in [0.3, 0.4) is 0 Å². The average Bonchev–Trinajstić information content (AvgIpc) is 2.55. The van der Waals surface area contributed by atoms with Crippen LogP contribution in [0.1, 0.15) is 32.3 Å². The average molecular weight is 378 g/mol. The second-order valence-electron chi connectivity index (χ2n) is 7.11. The molecule has 0 bridgehead atoms. The van der Waals surface area contributed by atoms with Crippen LogP contribution in [0, 0.1) is 5.82 Å². The number of carbonyl (C=O) groups excluding carboxylic acids is 3. The van der Waals surface area contributed by atoms with Gasteiger partial charge in [-0.2, -0.15) is 0 Å². The zero-order valence-electron chi connectivity index (χ0n) is 16.2. The van der Waals surface area contributed by atoms with Gasteiger partial charge < -0.3 is 16.0 Å². The van der Waals surface area contributed by atoms with Crippen LogP contribution < -0.4 is 11.1 Å². The first-order valence-electron chi connectivity index (χ1n) is 8.63. The Hall–Kier alpha value is -2.61. The maximum Gasteiger partial charge on any atom is 0.266 e. The van der Waals surface area contributed by atoms with Crippen LogP contribution in [-0.4, -0.2) is 54.5 Å². The fraction of sp³-hybridized carbons (Fsp3) is 0.474. The predicted molar refractivity (Wildman–Crippen MR) is 102 cm³/mol. The third kappa shape index (κ3) is 8.08. The first kappa shape index (κ1) is 22.4. The molecule has 0 aliphatic heterocycles. The van der Waals surface area contributed by atoms with Crippen molar-refractivity contribution in [1.82, 2.24) is 10.2 Å². The summed E-state index contributed by atoms with van der Waals surface area (Å²) in [6, 6.07) is 5.49. The highest BCUT2D eigenvalue weighted by Crippen LogP contribution is 2.07. The molecule has 0 aliphatic rings. The molecule has 0 aromatic heterocycles. The van der Waals surface area contributed by atoms with Crippen LogP contribution in [0.2, 0.25) is 0 Å². The Kier molecular flexibility index (Phi) is 8.24. The van der Waals surface area contributed by atoms with Crippen molar-refractivity contribution < 1.29 is 18.8 Å². The summed E-state index contributed by atoms with van der Waals surface area (Å²) in [4.78, 5) is 42.1. The third-order valence-electron chi connectivity index (χ3n) is 3.85. The van der Waals surface area contributed by atoms with Gasteiger partial charge in [0.15, 0.2) is 0 Å². The number of rotatable bonds is 9. The molecule has 0 atom stereocenters. The lowest BCUT2D eigenvalue weighted by molar-refractivity contribution is -0.127. The van der Waals surface area contributed by atoms with Crippen LogP contribution in [0.15, 0.2) is 29.3 Å². The van der Waals surface area contributed by atoms with Gasteiger partial charge >= 0.3 is 0 Å². The first-order valence-corrected chi connectivity index (χ1v) is 8.63. The van der Waals surface area contributed by atoms with Crippen molar-refractivity contribution in [2.75, 3.05) is 20.6 Å². The number of amides is 3. The molecule has 7 nitrogen and oxygen atoms in total. The number of nitrogens with zero attached hydrogens (tertiary/aromatic N) is 2. The number of nitrogens with one attached hydrogen (secondary N) is 1. The molecular formula is C19H27FN4O3. The van der Waals surface area contributed by atoms with E-state index >= 15 is 0 Å². The molecule has 1 aromatic carbocycles. The second-order valence-corrected chi connectivity index (χ2v) is 7.11. The molecule has 1 aromatic rings. The molecule has 148 valence electrons. The Balaban J connectivity index is 2.92. The standard InChI is InChI=1S/C19H27FN4O3/c1-19(2,18(21)27)23-17(26)15(6-5-11-24(3)4)22-16(25)12-13-7-9-14(20)10-8-13/h7-10H,5-6,11-12H2,1-4H3,(H2,21,27)(H,23,26). The summed E-state index contributed by atoms with van der Waals surface area (Å²) in [5.74, 6) is -2.22. The molecule has 1 rings (SSSR count). The highest BCUT2D eigenvalue weighted by atomic mass is 19.1. The third-order valence-corrected chi connectivity index (χ3v) is 3.85. The summed E-state index contributed by atoms with van der Waals surface area (Å²) in [5.41, 5.74) is 4.65. The summed E-state index contributed by atoms with van der Waals surface area (Å²) < 4.78 is 13.0. The monoisotopic (exact) mass is 378 g/mol. The van der Waals surface area contributed by atoms with Gasteiger partial charge in [0.2, 0.25) is 5.91 Å². The molecular weight excluding hydrogens is 351 g/mol. The van der Waals surface area contributed by atoms with Crippen LogP contribution >= 0.6 is 0 Å².